The maximum atomic E-state index is 13.6. The van der Waals surface area contributed by atoms with Crippen LogP contribution in [0.2, 0.25) is 5.02 Å². The molecular weight excluding hydrogens is 241 g/mol. The van der Waals surface area contributed by atoms with E-state index >= 15 is 0 Å². The molecule has 2 nitrogen and oxygen atoms in total. The van der Waals surface area contributed by atoms with Gasteiger partial charge < -0.3 is 5.73 Å². The summed E-state index contributed by atoms with van der Waals surface area (Å²) < 4.78 is 13.6. The zero-order valence-corrected chi connectivity index (χ0v) is 9.95. The van der Waals surface area contributed by atoms with Crippen LogP contribution in [0.1, 0.15) is 12.0 Å². The summed E-state index contributed by atoms with van der Waals surface area (Å²) in [7, 11) is 0. The van der Waals surface area contributed by atoms with Crippen molar-refractivity contribution in [3.63, 3.8) is 0 Å². The number of nitrogens with two attached hydrogens (primary N) is 1. The lowest BCUT2D eigenvalue weighted by atomic mass is 9.96. The van der Waals surface area contributed by atoms with Crippen molar-refractivity contribution in [1.82, 2.24) is 0 Å². The highest BCUT2D eigenvalue weighted by Gasteiger charge is 2.23. The highest BCUT2D eigenvalue weighted by Crippen LogP contribution is 2.22. The largest absolute Gasteiger partial charge is 0.324 e. The molecule has 2 unspecified atom stereocenters. The first-order chi connectivity index (χ1) is 8.08. The van der Waals surface area contributed by atoms with Crippen molar-refractivity contribution in [3.05, 3.63) is 46.8 Å². The summed E-state index contributed by atoms with van der Waals surface area (Å²) >= 11 is 5.66. The number of hydrogen-bond donors (Lipinski definition) is 1. The van der Waals surface area contributed by atoms with Gasteiger partial charge in [0, 0.05) is 18.4 Å². The molecule has 17 heavy (non-hydrogen) atoms. The van der Waals surface area contributed by atoms with Gasteiger partial charge in [-0.05, 0) is 18.1 Å². The fraction of sp³-hybridized carbons (Fsp3) is 0.308. The van der Waals surface area contributed by atoms with Crippen molar-refractivity contribution >= 4 is 17.4 Å². The molecular formula is C13H13ClFNO. The predicted octanol–water partition coefficient (Wildman–Crippen LogP) is 2.49. The molecule has 0 amide bonds. The molecule has 0 aliphatic heterocycles. The Morgan fingerprint density at radius 2 is 2.24 bits per heavy atom. The molecule has 2 atom stereocenters. The Bertz CT molecular complexity index is 472. The molecule has 4 heteroatoms. The summed E-state index contributed by atoms with van der Waals surface area (Å²) in [6.45, 7) is 0. The highest BCUT2D eigenvalue weighted by atomic mass is 35.5. The first kappa shape index (κ1) is 12.3. The summed E-state index contributed by atoms with van der Waals surface area (Å²) in [5.74, 6) is -0.715. The minimum Gasteiger partial charge on any atom is -0.324 e. The Labute approximate surface area is 104 Å². The van der Waals surface area contributed by atoms with Crippen molar-refractivity contribution in [2.45, 2.75) is 18.9 Å². The van der Waals surface area contributed by atoms with Crippen molar-refractivity contribution in [2.75, 3.05) is 0 Å². The molecule has 0 fully saturated rings. The molecule has 0 aromatic heterocycles. The van der Waals surface area contributed by atoms with Crippen LogP contribution in [0.3, 0.4) is 0 Å². The lowest BCUT2D eigenvalue weighted by Crippen LogP contribution is -2.20. The van der Waals surface area contributed by atoms with E-state index in [2.05, 4.69) is 0 Å². The molecule has 90 valence electrons. The lowest BCUT2D eigenvalue weighted by Gasteiger charge is -2.09. The molecule has 1 aliphatic carbocycles. The second-order valence-electron chi connectivity index (χ2n) is 4.25. The SMILES string of the molecule is NC1C=CC(C(=O)Cc2cccc(Cl)c2F)C1. The van der Waals surface area contributed by atoms with Gasteiger partial charge in [-0.2, -0.15) is 0 Å². The van der Waals surface area contributed by atoms with Gasteiger partial charge in [0.2, 0.25) is 0 Å². The Balaban J connectivity index is 2.09. The minimum absolute atomic E-state index is 0.0182. The van der Waals surface area contributed by atoms with Gasteiger partial charge in [-0.1, -0.05) is 35.9 Å². The van der Waals surface area contributed by atoms with E-state index in [1.54, 1.807) is 18.2 Å². The molecule has 2 N–H and O–H groups in total. The van der Waals surface area contributed by atoms with Crippen LogP contribution in [0, 0.1) is 11.7 Å². The number of benzene rings is 1. The fourth-order valence-corrected chi connectivity index (χ4v) is 2.16. The zero-order valence-electron chi connectivity index (χ0n) is 9.20. The number of halogens is 2. The van der Waals surface area contributed by atoms with Crippen LogP contribution in [-0.4, -0.2) is 11.8 Å². The standard InChI is InChI=1S/C13H13ClFNO/c14-11-3-1-2-9(13(11)15)7-12(17)8-4-5-10(16)6-8/h1-5,8,10H,6-7,16H2. The van der Waals surface area contributed by atoms with E-state index in [1.165, 1.54) is 6.07 Å². The average molecular weight is 254 g/mol. The summed E-state index contributed by atoms with van der Waals surface area (Å²) in [4.78, 5) is 11.9. The fourth-order valence-electron chi connectivity index (χ4n) is 1.97. The molecule has 0 heterocycles. The van der Waals surface area contributed by atoms with E-state index in [0.717, 1.165) is 0 Å². The summed E-state index contributed by atoms with van der Waals surface area (Å²) in [6, 6.07) is 4.63. The number of carbonyl (C=O) groups is 1. The van der Waals surface area contributed by atoms with Crippen LogP contribution >= 0.6 is 11.6 Å². The molecule has 1 aromatic rings. The smallest absolute Gasteiger partial charge is 0.145 e. The molecule has 0 saturated carbocycles. The van der Waals surface area contributed by atoms with Crippen molar-refractivity contribution in [1.29, 1.82) is 0 Å². The van der Waals surface area contributed by atoms with E-state index < -0.39 is 5.82 Å². The van der Waals surface area contributed by atoms with Gasteiger partial charge in [-0.3, -0.25) is 4.79 Å². The van der Waals surface area contributed by atoms with Crippen LogP contribution in [0.25, 0.3) is 0 Å². The van der Waals surface area contributed by atoms with E-state index in [9.17, 15) is 9.18 Å². The number of carbonyl (C=O) groups excluding carboxylic acids is 1. The van der Waals surface area contributed by atoms with Gasteiger partial charge in [0.05, 0.1) is 5.02 Å². The van der Waals surface area contributed by atoms with Crippen molar-refractivity contribution in [3.8, 4) is 0 Å². The molecule has 1 aliphatic rings. The van der Waals surface area contributed by atoms with Crippen LogP contribution in [0.15, 0.2) is 30.4 Å². The average Bonchev–Trinajstić information content (AvgIpc) is 2.72. The first-order valence-electron chi connectivity index (χ1n) is 5.47. The monoisotopic (exact) mass is 253 g/mol. The molecule has 0 radical (unpaired) electrons. The highest BCUT2D eigenvalue weighted by molar-refractivity contribution is 6.30. The van der Waals surface area contributed by atoms with E-state index in [4.69, 9.17) is 17.3 Å². The normalized spacial score (nSPS) is 23.0. The Kier molecular flexibility index (Phi) is 3.60. The molecule has 0 bridgehead atoms. The number of rotatable bonds is 3. The van der Waals surface area contributed by atoms with E-state index in [0.29, 0.717) is 12.0 Å². The Morgan fingerprint density at radius 3 is 2.88 bits per heavy atom. The summed E-state index contributed by atoms with van der Waals surface area (Å²) in [5.41, 5.74) is 6.02. The third-order valence-electron chi connectivity index (χ3n) is 2.93. The first-order valence-corrected chi connectivity index (χ1v) is 5.85. The van der Waals surface area contributed by atoms with Gasteiger partial charge in [0.25, 0.3) is 0 Å². The predicted molar refractivity (Wildman–Crippen MR) is 65.3 cm³/mol. The van der Waals surface area contributed by atoms with Crippen LogP contribution in [0.4, 0.5) is 4.39 Å². The molecule has 1 aromatic carbocycles. The molecule has 0 saturated heterocycles. The topological polar surface area (TPSA) is 43.1 Å². The molecule has 2 rings (SSSR count). The van der Waals surface area contributed by atoms with Gasteiger partial charge in [0.1, 0.15) is 11.6 Å². The summed E-state index contributed by atoms with van der Waals surface area (Å²) in [5, 5.41) is 0.0500. The minimum atomic E-state index is -0.506. The number of hydrogen-bond acceptors (Lipinski definition) is 2. The third kappa shape index (κ3) is 2.73. The van der Waals surface area contributed by atoms with Crippen LogP contribution in [-0.2, 0) is 11.2 Å². The Hall–Kier alpha value is -1.19. The van der Waals surface area contributed by atoms with Crippen LogP contribution in [0.5, 0.6) is 0 Å². The third-order valence-corrected chi connectivity index (χ3v) is 3.22. The van der Waals surface area contributed by atoms with Gasteiger partial charge in [-0.25, -0.2) is 4.39 Å². The maximum Gasteiger partial charge on any atom is 0.145 e. The second kappa shape index (κ2) is 4.98. The van der Waals surface area contributed by atoms with Crippen molar-refractivity contribution < 1.29 is 9.18 Å². The summed E-state index contributed by atoms with van der Waals surface area (Å²) in [6.07, 6.45) is 4.29. The van der Waals surface area contributed by atoms with Crippen LogP contribution < -0.4 is 5.73 Å². The van der Waals surface area contributed by atoms with Gasteiger partial charge in [-0.15, -0.1) is 0 Å². The quantitative estimate of drug-likeness (QED) is 0.841. The van der Waals surface area contributed by atoms with Gasteiger partial charge >= 0.3 is 0 Å². The van der Waals surface area contributed by atoms with Gasteiger partial charge in [0.15, 0.2) is 0 Å². The molecule has 0 spiro atoms. The van der Waals surface area contributed by atoms with Crippen molar-refractivity contribution in [2.24, 2.45) is 11.7 Å². The van der Waals surface area contributed by atoms with E-state index in [1.807, 2.05) is 6.08 Å². The number of ketones is 1. The zero-order chi connectivity index (χ0) is 12.4. The second-order valence-corrected chi connectivity index (χ2v) is 4.65. The maximum absolute atomic E-state index is 13.6. The number of Topliss-reactive ketones (excluding diaryl/α,β-unsaturated/α-hetero) is 1. The number of allylic oxidation sites excluding steroid dienone is 1. The van der Waals surface area contributed by atoms with E-state index in [-0.39, 0.29) is 29.2 Å². The Morgan fingerprint density at radius 1 is 1.47 bits per heavy atom. The lowest BCUT2D eigenvalue weighted by molar-refractivity contribution is -0.120.